The second-order valence-corrected chi connectivity index (χ2v) is 19.4. The van der Waals surface area contributed by atoms with E-state index in [0.29, 0.717) is 17.1 Å². The summed E-state index contributed by atoms with van der Waals surface area (Å²) in [7, 11) is -2.38. The molecule has 16 heteroatoms. The summed E-state index contributed by atoms with van der Waals surface area (Å²) in [5.41, 5.74) is 7.68. The third-order valence-corrected chi connectivity index (χ3v) is 14.4. The number of thiazole rings is 1. The Balaban J connectivity index is 1.55. The summed E-state index contributed by atoms with van der Waals surface area (Å²) in [5.74, 6) is -3.38. The number of likely N-dealkylation sites (N-methyl/N-ethyl adjacent to an activating group) is 1. The number of rotatable bonds is 15. The van der Waals surface area contributed by atoms with Crippen molar-refractivity contribution in [2.45, 2.75) is 127 Å². The molecule has 5 amide bonds. The fraction of sp³-hybridized carbons (Fsp3) is 0.703. The molecule has 1 unspecified atom stereocenters. The molecule has 53 heavy (non-hydrogen) atoms. The molecule has 4 rings (SSSR count). The topological polar surface area (TPSA) is 201 Å². The Hall–Kier alpha value is -3.59. The van der Waals surface area contributed by atoms with Crippen molar-refractivity contribution < 1.29 is 32.4 Å². The van der Waals surface area contributed by atoms with Crippen molar-refractivity contribution in [3.63, 3.8) is 0 Å². The number of likely N-dealkylation sites (tertiary alicyclic amines) is 1. The maximum atomic E-state index is 14.5. The molecule has 0 spiro atoms. The van der Waals surface area contributed by atoms with Crippen LogP contribution < -0.4 is 21.7 Å². The number of nitrogens with zero attached hydrogens (tertiary/aromatic N) is 3. The van der Waals surface area contributed by atoms with Gasteiger partial charge in [0, 0.05) is 32.1 Å². The van der Waals surface area contributed by atoms with Crippen molar-refractivity contribution >= 4 is 50.9 Å². The van der Waals surface area contributed by atoms with E-state index in [1.807, 2.05) is 0 Å². The Morgan fingerprint density at radius 1 is 1.04 bits per heavy atom. The second-order valence-electron chi connectivity index (χ2n) is 15.9. The first-order valence-corrected chi connectivity index (χ1v) is 20.9. The first kappa shape index (κ1) is 42.2. The highest BCUT2D eigenvalue weighted by atomic mass is 32.2. The van der Waals surface area contributed by atoms with Gasteiger partial charge in [0.05, 0.1) is 16.7 Å². The molecule has 2 heterocycles. The summed E-state index contributed by atoms with van der Waals surface area (Å²) in [6.07, 6.45) is 9.71. The SMILES string of the molecule is C=C=C[C@H]1CCN(C(=O)[C@@H](NC(=O)N[C@H](CN(C)S(=O)(=O)c2sc(C)nc2C)C2CCCCC2)C(C)(C)C)[C@@H]1C(=O)NC(CC1CCC1)C(=O)C(N)=O. The highest BCUT2D eigenvalue weighted by Crippen LogP contribution is 2.33. The molecule has 2 aliphatic carbocycles. The van der Waals surface area contributed by atoms with Gasteiger partial charge in [-0.15, -0.1) is 17.1 Å². The van der Waals surface area contributed by atoms with E-state index in [9.17, 15) is 32.4 Å². The average Bonchev–Trinajstić information content (AvgIpc) is 3.65. The molecule has 1 saturated heterocycles. The van der Waals surface area contributed by atoms with E-state index in [2.05, 4.69) is 33.2 Å². The van der Waals surface area contributed by atoms with Crippen molar-refractivity contribution in [1.82, 2.24) is 30.1 Å². The van der Waals surface area contributed by atoms with Crippen molar-refractivity contribution in [2.24, 2.45) is 28.9 Å². The summed E-state index contributed by atoms with van der Waals surface area (Å²) < 4.78 is 28.7. The summed E-state index contributed by atoms with van der Waals surface area (Å²) in [4.78, 5) is 72.7. The molecule has 2 saturated carbocycles. The zero-order valence-corrected chi connectivity index (χ0v) is 33.5. The number of ketones is 1. The summed E-state index contributed by atoms with van der Waals surface area (Å²) in [6, 6.07) is -4.41. The van der Waals surface area contributed by atoms with Gasteiger partial charge in [-0.25, -0.2) is 18.2 Å². The van der Waals surface area contributed by atoms with Gasteiger partial charge in [0.15, 0.2) is 4.21 Å². The number of urea groups is 1. The molecule has 0 aromatic carbocycles. The molecule has 5 N–H and O–H groups in total. The van der Waals surface area contributed by atoms with Crippen LogP contribution in [0.1, 0.15) is 95.7 Å². The average molecular weight is 776 g/mol. The van der Waals surface area contributed by atoms with Crippen LogP contribution in [0.4, 0.5) is 4.79 Å². The molecule has 14 nitrogen and oxygen atoms in total. The Labute approximate surface area is 317 Å². The number of aromatic nitrogens is 1. The monoisotopic (exact) mass is 775 g/mol. The minimum Gasteiger partial charge on any atom is -0.363 e. The molecule has 1 aromatic heterocycles. The number of primary amides is 1. The van der Waals surface area contributed by atoms with Crippen LogP contribution in [0.5, 0.6) is 0 Å². The highest BCUT2D eigenvalue weighted by molar-refractivity contribution is 7.91. The van der Waals surface area contributed by atoms with Crippen molar-refractivity contribution in [1.29, 1.82) is 0 Å². The lowest BCUT2D eigenvalue weighted by atomic mass is 9.80. The lowest BCUT2D eigenvalue weighted by molar-refractivity contribution is -0.144. The van der Waals surface area contributed by atoms with Crippen LogP contribution in [-0.4, -0.2) is 96.4 Å². The second kappa shape index (κ2) is 17.7. The highest BCUT2D eigenvalue weighted by Gasteiger charge is 2.47. The quantitative estimate of drug-likeness (QED) is 0.154. The van der Waals surface area contributed by atoms with Crippen LogP contribution in [0.15, 0.2) is 22.6 Å². The van der Waals surface area contributed by atoms with Gasteiger partial charge in [-0.3, -0.25) is 19.2 Å². The molecule has 5 atom stereocenters. The normalized spacial score (nSPS) is 21.5. The standard InChI is InChI=1S/C37H57N7O7S2/c1-8-13-26-18-19-44(29(26)33(47)40-27(30(45)32(38)46)20-24-14-12-15-24)34(48)31(37(4,5)6)42-36(49)41-28(25-16-10-9-11-17-25)21-43(7)53(50,51)35-22(2)39-23(3)52-35/h13,24-29,31H,1,9-12,14-21H2,2-7H3,(H2,38,46)(H,40,47)(H2,41,42,49)/t26-,27?,28+,29-,31+/m0/s1. The predicted octanol–water partition coefficient (Wildman–Crippen LogP) is 3.33. The predicted molar refractivity (Wildman–Crippen MR) is 202 cm³/mol. The largest absolute Gasteiger partial charge is 0.363 e. The van der Waals surface area contributed by atoms with Crippen molar-refractivity contribution in [2.75, 3.05) is 20.1 Å². The Morgan fingerprint density at radius 2 is 1.70 bits per heavy atom. The van der Waals surface area contributed by atoms with E-state index in [-0.39, 0.29) is 35.6 Å². The zero-order chi connectivity index (χ0) is 39.2. The Morgan fingerprint density at radius 3 is 2.23 bits per heavy atom. The maximum absolute atomic E-state index is 14.5. The number of carbonyl (C=O) groups excluding carboxylic acids is 5. The van der Waals surface area contributed by atoms with Crippen LogP contribution in [0.3, 0.4) is 0 Å². The molecular formula is C37H57N7O7S2. The van der Waals surface area contributed by atoms with Crippen LogP contribution >= 0.6 is 11.3 Å². The van der Waals surface area contributed by atoms with Gasteiger partial charge in [0.2, 0.25) is 17.6 Å². The van der Waals surface area contributed by atoms with Gasteiger partial charge in [0.25, 0.3) is 15.9 Å². The van der Waals surface area contributed by atoms with E-state index < -0.39 is 75.1 Å². The fourth-order valence-electron chi connectivity index (χ4n) is 7.72. The van der Waals surface area contributed by atoms with Crippen molar-refractivity contribution in [3.05, 3.63) is 29.1 Å². The molecule has 3 aliphatic rings. The van der Waals surface area contributed by atoms with E-state index in [4.69, 9.17) is 5.73 Å². The molecule has 294 valence electrons. The number of carbonyl (C=O) groups is 5. The van der Waals surface area contributed by atoms with Crippen LogP contribution in [-0.2, 0) is 29.2 Å². The first-order valence-electron chi connectivity index (χ1n) is 18.6. The Kier molecular flexibility index (Phi) is 14.1. The minimum atomic E-state index is -3.88. The van der Waals surface area contributed by atoms with E-state index in [1.165, 1.54) is 16.3 Å². The van der Waals surface area contributed by atoms with E-state index in [0.717, 1.165) is 62.7 Å². The fourth-order valence-corrected chi connectivity index (χ4v) is 10.6. The lowest BCUT2D eigenvalue weighted by Crippen LogP contribution is -2.62. The van der Waals surface area contributed by atoms with Gasteiger partial charge in [-0.2, -0.15) is 4.31 Å². The van der Waals surface area contributed by atoms with E-state index in [1.54, 1.807) is 40.7 Å². The number of nitrogens with one attached hydrogen (secondary N) is 3. The maximum Gasteiger partial charge on any atom is 0.315 e. The molecule has 0 bridgehead atoms. The van der Waals surface area contributed by atoms with Gasteiger partial charge >= 0.3 is 6.03 Å². The van der Waals surface area contributed by atoms with Gasteiger partial charge in [0.1, 0.15) is 12.1 Å². The van der Waals surface area contributed by atoms with Crippen LogP contribution in [0, 0.1) is 37.0 Å². The van der Waals surface area contributed by atoms with Gasteiger partial charge < -0.3 is 26.6 Å². The first-order chi connectivity index (χ1) is 24.8. The molecule has 1 aliphatic heterocycles. The summed E-state index contributed by atoms with van der Waals surface area (Å²) in [6.45, 7) is 12.7. The number of hydrogen-bond donors (Lipinski definition) is 4. The number of sulfonamides is 1. The smallest absolute Gasteiger partial charge is 0.315 e. The van der Waals surface area contributed by atoms with Crippen LogP contribution in [0.2, 0.25) is 0 Å². The third kappa shape index (κ3) is 10.3. The van der Waals surface area contributed by atoms with Crippen molar-refractivity contribution in [3.8, 4) is 0 Å². The number of hydrogen-bond acceptors (Lipinski definition) is 9. The Bertz CT molecular complexity index is 1690. The number of nitrogens with two attached hydrogens (primary N) is 1. The third-order valence-electron chi connectivity index (χ3n) is 10.9. The van der Waals surface area contributed by atoms with Gasteiger partial charge in [-0.1, -0.05) is 65.9 Å². The zero-order valence-electron chi connectivity index (χ0n) is 31.9. The molecule has 3 fully saturated rings. The molecule has 1 aromatic rings. The number of amides is 5. The number of Topliss-reactive ketones (excluding diaryl/α,β-unsaturated/α-hetero) is 1. The molecule has 0 radical (unpaired) electrons. The summed E-state index contributed by atoms with van der Waals surface area (Å²) in [5, 5.41) is 9.28. The molecular weight excluding hydrogens is 719 g/mol. The number of aryl methyl sites for hydroxylation is 2. The minimum absolute atomic E-state index is 0.0225. The van der Waals surface area contributed by atoms with E-state index >= 15 is 0 Å². The lowest BCUT2D eigenvalue weighted by Gasteiger charge is -2.38. The van der Waals surface area contributed by atoms with Gasteiger partial charge in [-0.05, 0) is 62.9 Å². The summed E-state index contributed by atoms with van der Waals surface area (Å²) >= 11 is 1.11. The van der Waals surface area contributed by atoms with Crippen LogP contribution in [0.25, 0.3) is 0 Å².